The molecule has 0 saturated carbocycles. The smallest absolute Gasteiger partial charge is 0.308 e. The molecule has 1 fully saturated rings. The topological polar surface area (TPSA) is 63.2 Å². The van der Waals surface area contributed by atoms with Crippen molar-refractivity contribution in [2.45, 2.75) is 32.3 Å². The van der Waals surface area contributed by atoms with Crippen molar-refractivity contribution in [3.8, 4) is 5.75 Å². The van der Waals surface area contributed by atoms with Crippen LogP contribution in [0.4, 0.5) is 0 Å². The first kappa shape index (κ1) is 20.8. The standard InChI is InChI=1S/C19H27N3O3.HI/c1-3-20-19(22-10-8-14(9-11-22)18(23)24-2)21-13-16-12-15-6-4-5-7-17(15)25-16;/h4-7,14,16H,3,8-13H2,1-2H3,(H,20,21);1H. The number of benzene rings is 1. The zero-order valence-electron chi connectivity index (χ0n) is 15.4. The normalized spacial score (nSPS) is 20.0. The second-order valence-corrected chi connectivity index (χ2v) is 6.53. The summed E-state index contributed by atoms with van der Waals surface area (Å²) in [6.45, 7) is 5.16. The first-order valence-electron chi connectivity index (χ1n) is 9.07. The third-order valence-electron chi connectivity index (χ3n) is 4.82. The van der Waals surface area contributed by atoms with E-state index in [1.807, 2.05) is 18.2 Å². The highest BCUT2D eigenvalue weighted by Gasteiger charge is 2.27. The Morgan fingerprint density at radius 3 is 2.73 bits per heavy atom. The van der Waals surface area contributed by atoms with Crippen LogP contribution in [0.25, 0.3) is 0 Å². The van der Waals surface area contributed by atoms with Gasteiger partial charge in [-0.2, -0.15) is 0 Å². The maximum Gasteiger partial charge on any atom is 0.308 e. The summed E-state index contributed by atoms with van der Waals surface area (Å²) in [4.78, 5) is 18.7. The monoisotopic (exact) mass is 473 g/mol. The largest absolute Gasteiger partial charge is 0.488 e. The quantitative estimate of drug-likeness (QED) is 0.315. The zero-order valence-corrected chi connectivity index (χ0v) is 17.8. The summed E-state index contributed by atoms with van der Waals surface area (Å²) in [6, 6.07) is 8.17. The van der Waals surface area contributed by atoms with E-state index in [-0.39, 0.29) is 42.0 Å². The van der Waals surface area contributed by atoms with Crippen molar-refractivity contribution in [1.29, 1.82) is 0 Å². The Labute approximate surface area is 172 Å². The second-order valence-electron chi connectivity index (χ2n) is 6.53. The summed E-state index contributed by atoms with van der Waals surface area (Å²) < 4.78 is 10.8. The van der Waals surface area contributed by atoms with E-state index in [1.165, 1.54) is 12.7 Å². The number of guanidine groups is 1. The number of ether oxygens (including phenoxy) is 2. The van der Waals surface area contributed by atoms with Gasteiger partial charge in [0.15, 0.2) is 5.96 Å². The average Bonchev–Trinajstić information content (AvgIpc) is 3.07. The second kappa shape index (κ2) is 9.99. The number of halogens is 1. The highest BCUT2D eigenvalue weighted by atomic mass is 127. The number of hydrogen-bond acceptors (Lipinski definition) is 4. The Hall–Kier alpha value is -1.51. The summed E-state index contributed by atoms with van der Waals surface area (Å²) in [5.41, 5.74) is 1.26. The van der Waals surface area contributed by atoms with Crippen LogP contribution >= 0.6 is 24.0 Å². The molecule has 2 aliphatic heterocycles. The fraction of sp³-hybridized carbons (Fsp3) is 0.579. The number of aliphatic imine (C=N–C) groups is 1. The number of para-hydroxylation sites is 1. The molecule has 3 rings (SSSR count). The number of rotatable bonds is 4. The van der Waals surface area contributed by atoms with Gasteiger partial charge in [0.2, 0.25) is 0 Å². The Balaban J connectivity index is 0.00000243. The van der Waals surface area contributed by atoms with Gasteiger partial charge >= 0.3 is 5.97 Å². The van der Waals surface area contributed by atoms with E-state index in [2.05, 4.69) is 23.2 Å². The number of carbonyl (C=O) groups excluding carboxylic acids is 1. The van der Waals surface area contributed by atoms with Crippen molar-refractivity contribution < 1.29 is 14.3 Å². The van der Waals surface area contributed by atoms with E-state index in [0.717, 1.165) is 50.6 Å². The molecule has 0 bridgehead atoms. The van der Waals surface area contributed by atoms with Gasteiger partial charge in [-0.25, -0.2) is 4.99 Å². The van der Waals surface area contributed by atoms with Crippen LogP contribution in [-0.2, 0) is 16.0 Å². The Morgan fingerprint density at radius 1 is 1.35 bits per heavy atom. The molecule has 1 saturated heterocycles. The lowest BCUT2D eigenvalue weighted by Gasteiger charge is -2.33. The molecule has 0 amide bonds. The van der Waals surface area contributed by atoms with Crippen molar-refractivity contribution in [3.05, 3.63) is 29.8 Å². The van der Waals surface area contributed by atoms with Crippen LogP contribution in [-0.4, -0.2) is 56.2 Å². The number of likely N-dealkylation sites (tertiary alicyclic amines) is 1. The molecule has 0 aromatic heterocycles. The minimum atomic E-state index is -0.0984. The molecule has 1 unspecified atom stereocenters. The SMILES string of the molecule is CCNC(=NCC1Cc2ccccc2O1)N1CCC(C(=O)OC)CC1.I. The molecule has 144 valence electrons. The first-order chi connectivity index (χ1) is 12.2. The van der Waals surface area contributed by atoms with Gasteiger partial charge < -0.3 is 19.7 Å². The number of fused-ring (bicyclic) bond motifs is 1. The molecule has 2 aliphatic rings. The van der Waals surface area contributed by atoms with Crippen molar-refractivity contribution in [1.82, 2.24) is 10.2 Å². The molecule has 6 nitrogen and oxygen atoms in total. The molecule has 1 atom stereocenters. The van der Waals surface area contributed by atoms with E-state index in [0.29, 0.717) is 6.54 Å². The number of esters is 1. The lowest BCUT2D eigenvalue weighted by Crippen LogP contribution is -2.47. The van der Waals surface area contributed by atoms with Crippen molar-refractivity contribution >= 4 is 35.9 Å². The van der Waals surface area contributed by atoms with E-state index < -0.39 is 0 Å². The number of piperidine rings is 1. The molecule has 0 spiro atoms. The molecule has 1 aromatic carbocycles. The third kappa shape index (κ3) is 5.02. The summed E-state index contributed by atoms with van der Waals surface area (Å²) in [5, 5.41) is 3.36. The fourth-order valence-corrected chi connectivity index (χ4v) is 3.46. The molecule has 1 aromatic rings. The minimum absolute atomic E-state index is 0. The highest BCUT2D eigenvalue weighted by molar-refractivity contribution is 14.0. The number of hydrogen-bond donors (Lipinski definition) is 1. The highest BCUT2D eigenvalue weighted by Crippen LogP contribution is 2.28. The van der Waals surface area contributed by atoms with Crippen LogP contribution in [0.1, 0.15) is 25.3 Å². The molecule has 0 aliphatic carbocycles. The van der Waals surface area contributed by atoms with Crippen LogP contribution in [0.3, 0.4) is 0 Å². The average molecular weight is 473 g/mol. The molecular formula is C19H28IN3O3. The minimum Gasteiger partial charge on any atom is -0.488 e. The predicted molar refractivity (Wildman–Crippen MR) is 112 cm³/mol. The van der Waals surface area contributed by atoms with E-state index in [4.69, 9.17) is 14.5 Å². The van der Waals surface area contributed by atoms with Gasteiger partial charge in [-0.05, 0) is 31.4 Å². The van der Waals surface area contributed by atoms with Crippen molar-refractivity contribution in [2.75, 3.05) is 33.3 Å². The van der Waals surface area contributed by atoms with Crippen molar-refractivity contribution in [2.24, 2.45) is 10.9 Å². The van der Waals surface area contributed by atoms with Gasteiger partial charge in [0.05, 0.1) is 19.6 Å². The van der Waals surface area contributed by atoms with Crippen molar-refractivity contribution in [3.63, 3.8) is 0 Å². The first-order valence-corrected chi connectivity index (χ1v) is 9.07. The maximum atomic E-state index is 11.7. The van der Waals surface area contributed by atoms with Crippen LogP contribution in [0.15, 0.2) is 29.3 Å². The number of carbonyl (C=O) groups is 1. The van der Waals surface area contributed by atoms with Crippen LogP contribution in [0.2, 0.25) is 0 Å². The van der Waals surface area contributed by atoms with E-state index in [9.17, 15) is 4.79 Å². The van der Waals surface area contributed by atoms with Gasteiger partial charge in [-0.15, -0.1) is 24.0 Å². The molecule has 7 heteroatoms. The predicted octanol–water partition coefficient (Wildman–Crippen LogP) is 2.46. The zero-order chi connectivity index (χ0) is 17.6. The van der Waals surface area contributed by atoms with Crippen LogP contribution in [0.5, 0.6) is 5.75 Å². The molecule has 0 radical (unpaired) electrons. The molecule has 26 heavy (non-hydrogen) atoms. The summed E-state index contributed by atoms with van der Waals surface area (Å²) in [6.07, 6.45) is 2.62. The maximum absolute atomic E-state index is 11.7. The Bertz CT molecular complexity index is 605. The summed E-state index contributed by atoms with van der Waals surface area (Å²) in [7, 11) is 1.46. The van der Waals surface area contributed by atoms with Crippen LogP contribution in [0, 0.1) is 5.92 Å². The van der Waals surface area contributed by atoms with Gasteiger partial charge in [0.25, 0.3) is 0 Å². The summed E-state index contributed by atoms with van der Waals surface area (Å²) in [5.74, 6) is 1.80. The number of nitrogens with zero attached hydrogens (tertiary/aromatic N) is 2. The van der Waals surface area contributed by atoms with E-state index in [1.54, 1.807) is 0 Å². The van der Waals surface area contributed by atoms with Crippen LogP contribution < -0.4 is 10.1 Å². The lowest BCUT2D eigenvalue weighted by molar-refractivity contribution is -0.146. The molecule has 1 N–H and O–H groups in total. The van der Waals surface area contributed by atoms with Gasteiger partial charge in [0, 0.05) is 26.1 Å². The number of methoxy groups -OCH3 is 1. The molecular weight excluding hydrogens is 445 g/mol. The Kier molecular flexibility index (Phi) is 7.99. The number of nitrogens with one attached hydrogen (secondary N) is 1. The lowest BCUT2D eigenvalue weighted by atomic mass is 9.97. The molecule has 2 heterocycles. The van der Waals surface area contributed by atoms with Gasteiger partial charge in [-0.1, -0.05) is 18.2 Å². The Morgan fingerprint density at radius 2 is 2.08 bits per heavy atom. The van der Waals surface area contributed by atoms with Gasteiger partial charge in [0.1, 0.15) is 11.9 Å². The third-order valence-corrected chi connectivity index (χ3v) is 4.82. The van der Waals surface area contributed by atoms with Gasteiger partial charge in [-0.3, -0.25) is 4.79 Å². The van der Waals surface area contributed by atoms with E-state index >= 15 is 0 Å². The fourth-order valence-electron chi connectivity index (χ4n) is 3.46. The summed E-state index contributed by atoms with van der Waals surface area (Å²) >= 11 is 0.